The summed E-state index contributed by atoms with van der Waals surface area (Å²) in [6, 6.07) is 14.3. The molecule has 29 heavy (non-hydrogen) atoms. The maximum absolute atomic E-state index is 2.53. The van der Waals surface area contributed by atoms with Crippen molar-refractivity contribution in [3.8, 4) is 11.1 Å². The van der Waals surface area contributed by atoms with Crippen LogP contribution in [0, 0.1) is 5.92 Å². The summed E-state index contributed by atoms with van der Waals surface area (Å²) in [4.78, 5) is 0. The molecule has 0 saturated heterocycles. The van der Waals surface area contributed by atoms with E-state index in [1.807, 2.05) is 0 Å². The Balaban J connectivity index is 2.27. The summed E-state index contributed by atoms with van der Waals surface area (Å²) in [7, 11) is -0.445. The zero-order chi connectivity index (χ0) is 21.7. The third kappa shape index (κ3) is 4.31. The summed E-state index contributed by atoms with van der Waals surface area (Å²) in [5.74, 6) is 0.603. The number of hydrogen-bond acceptors (Lipinski definition) is 0. The summed E-state index contributed by atoms with van der Waals surface area (Å²) < 4.78 is 0. The van der Waals surface area contributed by atoms with Crippen LogP contribution in [0.25, 0.3) is 17.2 Å². The highest BCUT2D eigenvalue weighted by molar-refractivity contribution is 6.58. The predicted molar refractivity (Wildman–Crippen MR) is 132 cm³/mol. The van der Waals surface area contributed by atoms with Crippen molar-refractivity contribution in [2.45, 2.75) is 84.9 Å². The Hall–Kier alpha value is -1.60. The molecule has 0 heterocycles. The fourth-order valence-corrected chi connectivity index (χ4v) is 6.43. The molecule has 1 aliphatic rings. The average molecular weight is 404 g/mol. The minimum absolute atomic E-state index is 0.137. The van der Waals surface area contributed by atoms with Gasteiger partial charge < -0.3 is 0 Å². The second-order valence-electron chi connectivity index (χ2n) is 11.4. The first kappa shape index (κ1) is 22.1. The molecule has 1 unspecified atom stereocenters. The molecular formula is C28H39Si. The first-order chi connectivity index (χ1) is 13.3. The molecule has 0 aromatic heterocycles. The summed E-state index contributed by atoms with van der Waals surface area (Å²) in [6.07, 6.45) is 2.53. The predicted octanol–water partition coefficient (Wildman–Crippen LogP) is 8.38. The van der Waals surface area contributed by atoms with Gasteiger partial charge in [-0.3, -0.25) is 0 Å². The van der Waals surface area contributed by atoms with Gasteiger partial charge in [0, 0.05) is 0 Å². The van der Waals surface area contributed by atoms with Crippen LogP contribution in [0.3, 0.4) is 0 Å². The fraction of sp³-hybridized carbons (Fsp3) is 0.500. The summed E-state index contributed by atoms with van der Waals surface area (Å²) >= 11 is 0. The molecule has 2 aromatic rings. The lowest BCUT2D eigenvalue weighted by Gasteiger charge is -2.27. The van der Waals surface area contributed by atoms with Gasteiger partial charge in [-0.1, -0.05) is 117 Å². The maximum atomic E-state index is 2.53. The largest absolute Gasteiger partial charge is 0.0705 e. The lowest BCUT2D eigenvalue weighted by molar-refractivity contribution is 0.569. The smallest absolute Gasteiger partial charge is 0.0552 e. The van der Waals surface area contributed by atoms with Gasteiger partial charge in [-0.2, -0.15) is 0 Å². The van der Waals surface area contributed by atoms with E-state index in [9.17, 15) is 0 Å². The zero-order valence-corrected chi connectivity index (χ0v) is 21.2. The van der Waals surface area contributed by atoms with Gasteiger partial charge in [0.25, 0.3) is 0 Å². The molecule has 3 rings (SSSR count). The van der Waals surface area contributed by atoms with Crippen LogP contribution in [-0.2, 0) is 10.8 Å². The van der Waals surface area contributed by atoms with Crippen molar-refractivity contribution in [3.05, 3.63) is 64.2 Å². The van der Waals surface area contributed by atoms with Crippen molar-refractivity contribution in [1.29, 1.82) is 0 Å². The third-order valence-corrected chi connectivity index (χ3v) is 8.11. The van der Waals surface area contributed by atoms with E-state index in [4.69, 9.17) is 0 Å². The number of benzene rings is 2. The summed E-state index contributed by atoms with van der Waals surface area (Å²) in [6.45, 7) is 23.6. The molecule has 1 radical (unpaired) electrons. The molecule has 0 fully saturated rings. The molecule has 0 spiro atoms. The van der Waals surface area contributed by atoms with Crippen LogP contribution in [0.1, 0.15) is 83.2 Å². The van der Waals surface area contributed by atoms with Gasteiger partial charge >= 0.3 is 0 Å². The molecule has 1 aliphatic carbocycles. The van der Waals surface area contributed by atoms with Gasteiger partial charge in [-0.15, -0.1) is 0 Å². The van der Waals surface area contributed by atoms with Crippen molar-refractivity contribution < 1.29 is 0 Å². The van der Waals surface area contributed by atoms with E-state index in [2.05, 4.69) is 111 Å². The molecule has 0 bridgehead atoms. The van der Waals surface area contributed by atoms with Gasteiger partial charge in [-0.05, 0) is 55.7 Å². The first-order valence-corrected chi connectivity index (χ1v) is 13.7. The Morgan fingerprint density at radius 2 is 1.38 bits per heavy atom. The van der Waals surface area contributed by atoms with Crippen molar-refractivity contribution in [2.24, 2.45) is 5.92 Å². The molecule has 155 valence electrons. The second kappa shape index (κ2) is 7.58. The van der Waals surface area contributed by atoms with Crippen molar-refractivity contribution in [1.82, 2.24) is 0 Å². The van der Waals surface area contributed by atoms with E-state index in [1.54, 1.807) is 11.1 Å². The minimum Gasteiger partial charge on any atom is -0.0705 e. The molecular weight excluding hydrogens is 364 g/mol. The molecule has 1 heteroatoms. The summed E-state index contributed by atoms with van der Waals surface area (Å²) in [5, 5.41) is 0. The highest BCUT2D eigenvalue weighted by Crippen LogP contribution is 2.45. The Bertz CT molecular complexity index is 898. The van der Waals surface area contributed by atoms with Crippen LogP contribution in [-0.4, -0.2) is 8.80 Å². The molecule has 0 nitrogen and oxygen atoms in total. The van der Waals surface area contributed by atoms with E-state index >= 15 is 0 Å². The Morgan fingerprint density at radius 3 is 1.83 bits per heavy atom. The first-order valence-electron chi connectivity index (χ1n) is 11.1. The lowest BCUT2D eigenvalue weighted by Crippen LogP contribution is -2.18. The van der Waals surface area contributed by atoms with E-state index in [1.165, 1.54) is 27.8 Å². The quantitative estimate of drug-likeness (QED) is 0.451. The fourth-order valence-electron chi connectivity index (χ4n) is 4.47. The zero-order valence-electron chi connectivity index (χ0n) is 20.2. The lowest BCUT2D eigenvalue weighted by atomic mass is 9.78. The average Bonchev–Trinajstić information content (AvgIpc) is 3.00. The third-order valence-electron chi connectivity index (χ3n) is 6.32. The van der Waals surface area contributed by atoms with Crippen molar-refractivity contribution >= 4 is 14.9 Å². The van der Waals surface area contributed by atoms with Gasteiger partial charge in [-0.25, -0.2) is 0 Å². The van der Waals surface area contributed by atoms with Gasteiger partial charge in [0.2, 0.25) is 0 Å². The highest BCUT2D eigenvalue weighted by Gasteiger charge is 2.31. The van der Waals surface area contributed by atoms with Crippen LogP contribution in [0.2, 0.25) is 13.1 Å². The van der Waals surface area contributed by atoms with Crippen molar-refractivity contribution in [2.75, 3.05) is 0 Å². The van der Waals surface area contributed by atoms with Crippen LogP contribution >= 0.6 is 0 Å². The monoisotopic (exact) mass is 403 g/mol. The molecule has 0 N–H and O–H groups in total. The van der Waals surface area contributed by atoms with E-state index in [0.29, 0.717) is 11.5 Å². The van der Waals surface area contributed by atoms with Crippen LogP contribution < -0.4 is 0 Å². The van der Waals surface area contributed by atoms with E-state index in [0.717, 1.165) is 0 Å². The van der Waals surface area contributed by atoms with Crippen molar-refractivity contribution in [3.63, 3.8) is 0 Å². The van der Waals surface area contributed by atoms with E-state index < -0.39 is 8.80 Å². The minimum atomic E-state index is -0.445. The van der Waals surface area contributed by atoms with E-state index in [-0.39, 0.29) is 10.8 Å². The van der Waals surface area contributed by atoms with Crippen LogP contribution in [0.5, 0.6) is 0 Å². The number of allylic oxidation sites excluding steroid dienone is 1. The number of fused-ring (bicyclic) bond motifs is 1. The van der Waals surface area contributed by atoms with Crippen LogP contribution in [0.15, 0.2) is 42.0 Å². The van der Waals surface area contributed by atoms with Gasteiger partial charge in [0.05, 0.1) is 8.80 Å². The topological polar surface area (TPSA) is 0 Å². The molecule has 1 atom stereocenters. The molecule has 0 saturated carbocycles. The standard InChI is InChI=1S/C28H39Si/c1-18(2)24-17-25-22(12-11-13-23(25)26(24)29(9)10)19-14-20(27(3,4)5)16-21(15-19)28(6,7)8/h11-18,26H,1-10H3. The number of rotatable bonds is 3. The summed E-state index contributed by atoms with van der Waals surface area (Å²) in [5.41, 5.74) is 11.2. The SMILES string of the molecule is CC(C)C1=Cc2c(-c3cc(C(C)(C)C)cc(C(C)(C)C)c3)cccc2C1[Si](C)C. The van der Waals surface area contributed by atoms with Crippen LogP contribution in [0.4, 0.5) is 0 Å². The molecule has 0 amide bonds. The normalized spacial score (nSPS) is 17.1. The van der Waals surface area contributed by atoms with Gasteiger partial charge in [0.15, 0.2) is 0 Å². The Morgan fingerprint density at radius 1 is 0.828 bits per heavy atom. The maximum Gasteiger partial charge on any atom is 0.0552 e. The number of hydrogen-bond donors (Lipinski definition) is 0. The Kier molecular flexibility index (Phi) is 5.77. The highest BCUT2D eigenvalue weighted by atomic mass is 28.3. The molecule has 0 aliphatic heterocycles. The second-order valence-corrected chi connectivity index (χ2v) is 14.1. The molecule has 2 aromatic carbocycles. The van der Waals surface area contributed by atoms with Gasteiger partial charge in [0.1, 0.15) is 0 Å². The Labute approximate surface area is 181 Å².